The molecule has 0 amide bonds. The van der Waals surface area contributed by atoms with Gasteiger partial charge in [0.1, 0.15) is 6.04 Å². The SMILES string of the molecule is Cc1ccc(N)cc1NC1=NC(c2cccnc2)C=CN1. The third-order valence-corrected chi connectivity index (χ3v) is 3.31. The van der Waals surface area contributed by atoms with Gasteiger partial charge in [0.05, 0.1) is 0 Å². The van der Waals surface area contributed by atoms with E-state index in [2.05, 4.69) is 20.6 Å². The lowest BCUT2D eigenvalue weighted by Gasteiger charge is -2.19. The van der Waals surface area contributed by atoms with Crippen molar-refractivity contribution in [3.8, 4) is 0 Å². The predicted molar refractivity (Wildman–Crippen MR) is 85.9 cm³/mol. The maximum atomic E-state index is 5.83. The summed E-state index contributed by atoms with van der Waals surface area (Å²) < 4.78 is 0. The highest BCUT2D eigenvalue weighted by atomic mass is 15.2. The molecule has 0 saturated carbocycles. The first-order valence-corrected chi connectivity index (χ1v) is 6.76. The zero-order valence-corrected chi connectivity index (χ0v) is 11.7. The predicted octanol–water partition coefficient (Wildman–Crippen LogP) is 2.60. The first-order chi connectivity index (χ1) is 10.2. The summed E-state index contributed by atoms with van der Waals surface area (Å²) in [4.78, 5) is 8.78. The second-order valence-electron chi connectivity index (χ2n) is 4.91. The van der Waals surface area contributed by atoms with Crippen molar-refractivity contribution in [2.75, 3.05) is 11.1 Å². The maximum Gasteiger partial charge on any atom is 0.200 e. The van der Waals surface area contributed by atoms with Crippen LogP contribution in [0.2, 0.25) is 0 Å². The standard InChI is InChI=1S/C16H17N5/c1-11-4-5-13(17)9-15(11)21-16-19-8-6-14(20-16)12-3-2-7-18-10-12/h2-10,14H,17H2,1H3,(H2,19,20,21). The van der Waals surface area contributed by atoms with Crippen molar-refractivity contribution in [1.29, 1.82) is 0 Å². The van der Waals surface area contributed by atoms with Crippen LogP contribution < -0.4 is 16.4 Å². The van der Waals surface area contributed by atoms with Crippen molar-refractivity contribution in [2.24, 2.45) is 4.99 Å². The summed E-state index contributed by atoms with van der Waals surface area (Å²) in [6, 6.07) is 9.65. The summed E-state index contributed by atoms with van der Waals surface area (Å²) in [6.07, 6.45) is 7.46. The summed E-state index contributed by atoms with van der Waals surface area (Å²) in [6.45, 7) is 2.03. The summed E-state index contributed by atoms with van der Waals surface area (Å²) >= 11 is 0. The molecule has 5 nitrogen and oxygen atoms in total. The Morgan fingerprint density at radius 2 is 2.19 bits per heavy atom. The number of hydrogen-bond donors (Lipinski definition) is 3. The molecule has 1 aliphatic heterocycles. The van der Waals surface area contributed by atoms with Crippen LogP contribution in [-0.4, -0.2) is 10.9 Å². The molecule has 4 N–H and O–H groups in total. The Morgan fingerprint density at radius 3 is 3.00 bits per heavy atom. The van der Waals surface area contributed by atoms with Crippen LogP contribution in [0.3, 0.4) is 0 Å². The van der Waals surface area contributed by atoms with Gasteiger partial charge in [-0.2, -0.15) is 0 Å². The number of nitrogens with one attached hydrogen (secondary N) is 2. The number of aromatic nitrogens is 1. The molecule has 0 spiro atoms. The van der Waals surface area contributed by atoms with Crippen LogP contribution in [-0.2, 0) is 0 Å². The van der Waals surface area contributed by atoms with Gasteiger partial charge in [-0.3, -0.25) is 4.98 Å². The molecule has 1 aliphatic rings. The number of hydrogen-bond acceptors (Lipinski definition) is 5. The third kappa shape index (κ3) is 3.02. The topological polar surface area (TPSA) is 75.3 Å². The lowest BCUT2D eigenvalue weighted by Crippen LogP contribution is -2.29. The van der Waals surface area contributed by atoms with Gasteiger partial charge in [0.15, 0.2) is 0 Å². The van der Waals surface area contributed by atoms with Gasteiger partial charge >= 0.3 is 0 Å². The first kappa shape index (κ1) is 13.2. The van der Waals surface area contributed by atoms with E-state index in [0.29, 0.717) is 5.96 Å². The number of anilines is 2. The zero-order valence-electron chi connectivity index (χ0n) is 11.7. The van der Waals surface area contributed by atoms with E-state index in [0.717, 1.165) is 22.5 Å². The Labute approximate surface area is 123 Å². The Morgan fingerprint density at radius 1 is 1.29 bits per heavy atom. The van der Waals surface area contributed by atoms with Gasteiger partial charge in [-0.05, 0) is 42.3 Å². The second-order valence-corrected chi connectivity index (χ2v) is 4.91. The molecule has 0 aliphatic carbocycles. The largest absolute Gasteiger partial charge is 0.399 e. The number of nitrogens with zero attached hydrogens (tertiary/aromatic N) is 2. The van der Waals surface area contributed by atoms with Crippen LogP contribution in [0.1, 0.15) is 17.2 Å². The average Bonchev–Trinajstić information content (AvgIpc) is 2.52. The number of benzene rings is 1. The van der Waals surface area contributed by atoms with E-state index < -0.39 is 0 Å². The summed E-state index contributed by atoms with van der Waals surface area (Å²) in [7, 11) is 0. The van der Waals surface area contributed by atoms with Crippen molar-refractivity contribution in [3.63, 3.8) is 0 Å². The van der Waals surface area contributed by atoms with Crippen LogP contribution in [0, 0.1) is 6.92 Å². The molecule has 0 radical (unpaired) electrons. The molecule has 3 rings (SSSR count). The maximum absolute atomic E-state index is 5.83. The highest BCUT2D eigenvalue weighted by Crippen LogP contribution is 2.22. The van der Waals surface area contributed by atoms with Gasteiger partial charge in [0, 0.05) is 30.0 Å². The van der Waals surface area contributed by atoms with Crippen LogP contribution >= 0.6 is 0 Å². The van der Waals surface area contributed by atoms with Gasteiger partial charge in [0.25, 0.3) is 0 Å². The molecular formula is C16H17N5. The molecule has 2 aromatic rings. The highest BCUT2D eigenvalue weighted by molar-refractivity contribution is 5.96. The van der Waals surface area contributed by atoms with Crippen molar-refractivity contribution < 1.29 is 0 Å². The smallest absolute Gasteiger partial charge is 0.200 e. The first-order valence-electron chi connectivity index (χ1n) is 6.76. The van der Waals surface area contributed by atoms with Gasteiger partial charge in [-0.15, -0.1) is 0 Å². The van der Waals surface area contributed by atoms with Crippen molar-refractivity contribution in [1.82, 2.24) is 10.3 Å². The number of nitrogens with two attached hydrogens (primary N) is 1. The Kier molecular flexibility index (Phi) is 3.55. The molecule has 0 bridgehead atoms. The van der Waals surface area contributed by atoms with Crippen LogP contribution in [0.4, 0.5) is 11.4 Å². The molecular weight excluding hydrogens is 262 g/mol. The van der Waals surface area contributed by atoms with E-state index in [1.807, 2.05) is 55.7 Å². The fourth-order valence-corrected chi connectivity index (χ4v) is 2.14. The summed E-state index contributed by atoms with van der Waals surface area (Å²) in [5.74, 6) is 0.694. The molecule has 1 aromatic carbocycles. The number of guanidine groups is 1. The van der Waals surface area contributed by atoms with E-state index in [-0.39, 0.29) is 6.04 Å². The second kappa shape index (κ2) is 5.66. The average molecular weight is 279 g/mol. The van der Waals surface area contributed by atoms with Gasteiger partial charge in [0.2, 0.25) is 5.96 Å². The number of aliphatic imine (C=N–C) groups is 1. The lowest BCUT2D eigenvalue weighted by molar-refractivity contribution is 0.862. The monoisotopic (exact) mass is 279 g/mol. The summed E-state index contributed by atoms with van der Waals surface area (Å²) in [5, 5.41) is 6.39. The Balaban J connectivity index is 1.83. The van der Waals surface area contributed by atoms with Crippen molar-refractivity contribution >= 4 is 17.3 Å². The minimum Gasteiger partial charge on any atom is -0.399 e. The van der Waals surface area contributed by atoms with Crippen LogP contribution in [0.15, 0.2) is 60.0 Å². The minimum absolute atomic E-state index is 0.0381. The third-order valence-electron chi connectivity index (χ3n) is 3.31. The number of nitrogen functional groups attached to an aromatic ring is 1. The molecule has 1 unspecified atom stereocenters. The Bertz CT molecular complexity index is 691. The fraction of sp³-hybridized carbons (Fsp3) is 0.125. The quantitative estimate of drug-likeness (QED) is 0.739. The minimum atomic E-state index is -0.0381. The molecule has 1 aromatic heterocycles. The molecule has 0 fully saturated rings. The molecule has 0 saturated heterocycles. The van der Waals surface area contributed by atoms with E-state index >= 15 is 0 Å². The van der Waals surface area contributed by atoms with Crippen LogP contribution in [0.25, 0.3) is 0 Å². The molecule has 21 heavy (non-hydrogen) atoms. The van der Waals surface area contributed by atoms with E-state index in [9.17, 15) is 0 Å². The lowest BCUT2D eigenvalue weighted by atomic mass is 10.1. The van der Waals surface area contributed by atoms with Gasteiger partial charge < -0.3 is 16.4 Å². The van der Waals surface area contributed by atoms with E-state index in [1.165, 1.54) is 0 Å². The number of pyridine rings is 1. The number of aryl methyl sites for hydroxylation is 1. The van der Waals surface area contributed by atoms with Crippen molar-refractivity contribution in [3.05, 3.63) is 66.1 Å². The Hall–Kier alpha value is -2.82. The molecule has 106 valence electrons. The summed E-state index contributed by atoms with van der Waals surface area (Å²) in [5.41, 5.74) is 9.66. The number of rotatable bonds is 2. The van der Waals surface area contributed by atoms with Crippen LogP contribution in [0.5, 0.6) is 0 Å². The zero-order chi connectivity index (χ0) is 14.7. The van der Waals surface area contributed by atoms with E-state index in [1.54, 1.807) is 6.20 Å². The van der Waals surface area contributed by atoms with Gasteiger partial charge in [-0.25, -0.2) is 4.99 Å². The molecule has 2 heterocycles. The highest BCUT2D eigenvalue weighted by Gasteiger charge is 2.12. The van der Waals surface area contributed by atoms with Crippen molar-refractivity contribution in [2.45, 2.75) is 13.0 Å². The molecule has 1 atom stereocenters. The fourth-order valence-electron chi connectivity index (χ4n) is 2.14. The molecule has 5 heteroatoms. The van der Waals surface area contributed by atoms with E-state index in [4.69, 9.17) is 5.73 Å². The van der Waals surface area contributed by atoms with Gasteiger partial charge in [-0.1, -0.05) is 12.1 Å². The normalized spacial score (nSPS) is 17.0.